The van der Waals surface area contributed by atoms with Gasteiger partial charge in [0, 0.05) is 20.8 Å². The molecule has 0 spiro atoms. The molecule has 5 nitrogen and oxygen atoms in total. The highest BCUT2D eigenvalue weighted by atomic mass is 16.7. The number of aromatic carboxylic acids is 1. The SMILES string of the molecule is COC1(OC)CN(CCc2ccccc2C(=O)O)C1. The van der Waals surface area contributed by atoms with E-state index in [0.717, 1.165) is 25.2 Å². The Morgan fingerprint density at radius 3 is 2.53 bits per heavy atom. The number of carbonyl (C=O) groups is 1. The van der Waals surface area contributed by atoms with Gasteiger partial charge >= 0.3 is 5.97 Å². The van der Waals surface area contributed by atoms with Crippen molar-refractivity contribution in [3.8, 4) is 0 Å². The lowest BCUT2D eigenvalue weighted by Gasteiger charge is -2.47. The predicted octanol–water partition coefficient (Wildman–Crippen LogP) is 1.23. The third kappa shape index (κ3) is 2.94. The van der Waals surface area contributed by atoms with Crippen molar-refractivity contribution in [1.29, 1.82) is 0 Å². The maximum atomic E-state index is 11.1. The zero-order valence-corrected chi connectivity index (χ0v) is 11.3. The van der Waals surface area contributed by atoms with Crippen LogP contribution in [0.4, 0.5) is 0 Å². The van der Waals surface area contributed by atoms with Crippen LogP contribution >= 0.6 is 0 Å². The third-order valence-electron chi connectivity index (χ3n) is 3.62. The van der Waals surface area contributed by atoms with Gasteiger partial charge in [0.25, 0.3) is 0 Å². The van der Waals surface area contributed by atoms with Gasteiger partial charge in [0.2, 0.25) is 0 Å². The van der Waals surface area contributed by atoms with Gasteiger partial charge in [-0.1, -0.05) is 18.2 Å². The van der Waals surface area contributed by atoms with E-state index in [4.69, 9.17) is 14.6 Å². The molecule has 0 saturated carbocycles. The Balaban J connectivity index is 1.90. The smallest absolute Gasteiger partial charge is 0.335 e. The highest BCUT2D eigenvalue weighted by molar-refractivity contribution is 5.89. The summed E-state index contributed by atoms with van der Waals surface area (Å²) in [6, 6.07) is 7.12. The van der Waals surface area contributed by atoms with E-state index < -0.39 is 11.8 Å². The number of benzene rings is 1. The first kappa shape index (κ1) is 14.0. The molecule has 0 aliphatic carbocycles. The summed E-state index contributed by atoms with van der Waals surface area (Å²) >= 11 is 0. The second kappa shape index (κ2) is 5.69. The van der Waals surface area contributed by atoms with Gasteiger partial charge < -0.3 is 14.6 Å². The fourth-order valence-electron chi connectivity index (χ4n) is 2.36. The Labute approximate surface area is 112 Å². The largest absolute Gasteiger partial charge is 0.478 e. The summed E-state index contributed by atoms with van der Waals surface area (Å²) in [6.45, 7) is 2.24. The standard InChI is InChI=1S/C14H19NO4/c1-18-14(19-2)9-15(10-14)8-7-11-5-3-4-6-12(11)13(16)17/h3-6H,7-10H2,1-2H3,(H,16,17). The van der Waals surface area contributed by atoms with Crippen LogP contribution in [-0.2, 0) is 15.9 Å². The number of carboxylic acids is 1. The fraction of sp³-hybridized carbons (Fsp3) is 0.500. The van der Waals surface area contributed by atoms with E-state index in [2.05, 4.69) is 4.90 Å². The van der Waals surface area contributed by atoms with Gasteiger partial charge in [-0.25, -0.2) is 4.79 Å². The molecule has 1 aromatic carbocycles. The van der Waals surface area contributed by atoms with Crippen LogP contribution in [0.1, 0.15) is 15.9 Å². The van der Waals surface area contributed by atoms with Crippen LogP contribution in [0.5, 0.6) is 0 Å². The number of methoxy groups -OCH3 is 2. The number of ether oxygens (including phenoxy) is 2. The molecule has 1 heterocycles. The minimum absolute atomic E-state index is 0.382. The summed E-state index contributed by atoms with van der Waals surface area (Å²) in [5, 5.41) is 9.11. The Hall–Kier alpha value is -1.43. The predicted molar refractivity (Wildman–Crippen MR) is 70.3 cm³/mol. The molecule has 5 heteroatoms. The summed E-state index contributed by atoms with van der Waals surface area (Å²) in [5.74, 6) is -1.35. The molecule has 0 radical (unpaired) electrons. The van der Waals surface area contributed by atoms with Crippen molar-refractivity contribution >= 4 is 5.97 Å². The van der Waals surface area contributed by atoms with Crippen LogP contribution in [0.25, 0.3) is 0 Å². The second-order valence-electron chi connectivity index (χ2n) is 4.74. The van der Waals surface area contributed by atoms with Crippen LogP contribution < -0.4 is 0 Å². The highest BCUT2D eigenvalue weighted by Crippen LogP contribution is 2.25. The topological polar surface area (TPSA) is 59.0 Å². The quantitative estimate of drug-likeness (QED) is 0.784. The van der Waals surface area contributed by atoms with Gasteiger partial charge in [-0.3, -0.25) is 4.90 Å². The number of carboxylic acid groups (broad SMARTS) is 1. The number of likely N-dealkylation sites (tertiary alicyclic amines) is 1. The second-order valence-corrected chi connectivity index (χ2v) is 4.74. The summed E-state index contributed by atoms with van der Waals surface area (Å²) in [6.07, 6.45) is 0.714. The molecular formula is C14H19NO4. The first-order chi connectivity index (χ1) is 9.10. The monoisotopic (exact) mass is 265 g/mol. The van der Waals surface area contributed by atoms with Gasteiger partial charge in [-0.2, -0.15) is 0 Å². The average molecular weight is 265 g/mol. The van der Waals surface area contributed by atoms with Crippen molar-refractivity contribution in [1.82, 2.24) is 4.90 Å². The molecule has 0 aromatic heterocycles. The van der Waals surface area contributed by atoms with E-state index in [1.54, 1.807) is 26.4 Å². The third-order valence-corrected chi connectivity index (χ3v) is 3.62. The maximum Gasteiger partial charge on any atom is 0.335 e. The summed E-state index contributed by atoms with van der Waals surface area (Å²) in [5.41, 5.74) is 1.25. The molecule has 0 atom stereocenters. The van der Waals surface area contributed by atoms with Crippen LogP contribution in [0, 0.1) is 0 Å². The zero-order valence-electron chi connectivity index (χ0n) is 11.3. The Kier molecular flexibility index (Phi) is 4.19. The molecule has 1 aliphatic rings. The van der Waals surface area contributed by atoms with Crippen molar-refractivity contribution in [2.24, 2.45) is 0 Å². The molecule has 19 heavy (non-hydrogen) atoms. The molecular weight excluding hydrogens is 246 g/mol. The minimum Gasteiger partial charge on any atom is -0.478 e. The van der Waals surface area contributed by atoms with Crippen molar-refractivity contribution in [2.75, 3.05) is 33.9 Å². The van der Waals surface area contributed by atoms with Crippen molar-refractivity contribution in [3.63, 3.8) is 0 Å². The number of hydrogen-bond donors (Lipinski definition) is 1. The summed E-state index contributed by atoms with van der Waals surface area (Å²) in [7, 11) is 3.28. The van der Waals surface area contributed by atoms with E-state index in [0.29, 0.717) is 12.0 Å². The summed E-state index contributed by atoms with van der Waals surface area (Å²) < 4.78 is 10.6. The highest BCUT2D eigenvalue weighted by Gasteiger charge is 2.43. The molecule has 1 aromatic rings. The fourth-order valence-corrected chi connectivity index (χ4v) is 2.36. The Morgan fingerprint density at radius 1 is 1.32 bits per heavy atom. The molecule has 1 fully saturated rings. The Bertz CT molecular complexity index is 449. The molecule has 0 amide bonds. The van der Waals surface area contributed by atoms with Gasteiger partial charge in [0.15, 0.2) is 5.79 Å². The molecule has 0 unspecified atom stereocenters. The lowest BCUT2D eigenvalue weighted by molar-refractivity contribution is -0.275. The number of nitrogens with zero attached hydrogens (tertiary/aromatic N) is 1. The molecule has 1 saturated heterocycles. The number of rotatable bonds is 6. The minimum atomic E-state index is -0.873. The van der Waals surface area contributed by atoms with Crippen LogP contribution in [-0.4, -0.2) is 55.6 Å². The molecule has 1 N–H and O–H groups in total. The van der Waals surface area contributed by atoms with E-state index in [1.807, 2.05) is 12.1 Å². The lowest BCUT2D eigenvalue weighted by atomic mass is 10.0. The van der Waals surface area contributed by atoms with Crippen LogP contribution in [0.2, 0.25) is 0 Å². The molecule has 104 valence electrons. The molecule has 1 aliphatic heterocycles. The van der Waals surface area contributed by atoms with Crippen LogP contribution in [0.15, 0.2) is 24.3 Å². The number of hydrogen-bond acceptors (Lipinski definition) is 4. The van der Waals surface area contributed by atoms with Crippen molar-refractivity contribution < 1.29 is 19.4 Å². The summed E-state index contributed by atoms with van der Waals surface area (Å²) in [4.78, 5) is 13.3. The molecule has 0 bridgehead atoms. The van der Waals surface area contributed by atoms with E-state index in [-0.39, 0.29) is 0 Å². The Morgan fingerprint density at radius 2 is 1.95 bits per heavy atom. The first-order valence-corrected chi connectivity index (χ1v) is 6.24. The van der Waals surface area contributed by atoms with Crippen LogP contribution in [0.3, 0.4) is 0 Å². The van der Waals surface area contributed by atoms with E-state index in [1.165, 1.54) is 0 Å². The van der Waals surface area contributed by atoms with Gasteiger partial charge in [0.05, 0.1) is 18.7 Å². The molecule has 2 rings (SSSR count). The normalized spacial score (nSPS) is 18.0. The maximum absolute atomic E-state index is 11.1. The van der Waals surface area contributed by atoms with E-state index >= 15 is 0 Å². The van der Waals surface area contributed by atoms with Gasteiger partial charge in [0.1, 0.15) is 0 Å². The van der Waals surface area contributed by atoms with Crippen molar-refractivity contribution in [2.45, 2.75) is 12.2 Å². The van der Waals surface area contributed by atoms with Gasteiger partial charge in [-0.05, 0) is 18.1 Å². The van der Waals surface area contributed by atoms with Gasteiger partial charge in [-0.15, -0.1) is 0 Å². The average Bonchev–Trinajstić information content (AvgIpc) is 2.38. The van der Waals surface area contributed by atoms with E-state index in [9.17, 15) is 4.79 Å². The first-order valence-electron chi connectivity index (χ1n) is 6.24. The lowest BCUT2D eigenvalue weighted by Crippen LogP contribution is -2.64. The van der Waals surface area contributed by atoms with Crippen molar-refractivity contribution in [3.05, 3.63) is 35.4 Å². The zero-order chi connectivity index (χ0) is 13.9.